The normalized spacial score (nSPS) is 18.8. The molecule has 0 bridgehead atoms. The van der Waals surface area contributed by atoms with Gasteiger partial charge in [-0.05, 0) is 87.6 Å². The third-order valence-electron chi connectivity index (χ3n) is 8.19. The molecule has 1 saturated heterocycles. The molecule has 0 radical (unpaired) electrons. The van der Waals surface area contributed by atoms with Gasteiger partial charge in [0.2, 0.25) is 29.5 Å². The summed E-state index contributed by atoms with van der Waals surface area (Å²) in [6.07, 6.45) is 2.68. The number of unbranched alkanes of at least 4 members (excludes halogenated alkanes) is 1. The molecule has 0 saturated carbocycles. The Kier molecular flexibility index (Phi) is 12.8. The first-order chi connectivity index (χ1) is 23.1. The molecule has 2 aliphatic heterocycles. The number of amides is 6. The van der Waals surface area contributed by atoms with Crippen molar-refractivity contribution in [1.82, 2.24) is 21.3 Å². The topological polar surface area (TPSA) is 259 Å². The highest BCUT2D eigenvalue weighted by atomic mass is 16.3. The second-order valence-electron chi connectivity index (χ2n) is 11.7. The predicted molar refractivity (Wildman–Crippen MR) is 178 cm³/mol. The minimum absolute atomic E-state index is 0.0358. The molecular formula is C32H43N9O7. The molecule has 4 rings (SSSR count). The van der Waals surface area contributed by atoms with E-state index in [4.69, 9.17) is 11.5 Å². The van der Waals surface area contributed by atoms with Crippen molar-refractivity contribution in [2.75, 3.05) is 48.7 Å². The molecule has 12 N–H and O–H groups in total. The van der Waals surface area contributed by atoms with Crippen LogP contribution < -0.4 is 48.7 Å². The highest BCUT2D eigenvalue weighted by Crippen LogP contribution is 2.25. The van der Waals surface area contributed by atoms with E-state index in [0.717, 1.165) is 13.1 Å². The first-order valence-electron chi connectivity index (χ1n) is 15.9. The summed E-state index contributed by atoms with van der Waals surface area (Å²) in [7, 11) is 0. The lowest BCUT2D eigenvalue weighted by Gasteiger charge is -2.24. The number of benzene rings is 2. The number of carbonyl (C=O) groups excluding carboxylic acids is 6. The Bertz CT molecular complexity index is 1530. The van der Waals surface area contributed by atoms with Gasteiger partial charge in [-0.1, -0.05) is 6.07 Å². The molecule has 6 amide bonds. The monoisotopic (exact) mass is 665 g/mol. The van der Waals surface area contributed by atoms with Gasteiger partial charge in [-0.2, -0.15) is 0 Å². The maximum absolute atomic E-state index is 13.6. The molecule has 1 fully saturated rings. The van der Waals surface area contributed by atoms with Crippen molar-refractivity contribution in [3.63, 3.8) is 0 Å². The average Bonchev–Trinajstić information content (AvgIpc) is 3.08. The second kappa shape index (κ2) is 17.2. The number of hydrogen-bond donors (Lipinski definition) is 10. The number of carbonyl (C=O) groups is 6. The smallest absolute Gasteiger partial charge is 0.254 e. The Morgan fingerprint density at radius 3 is 2.40 bits per heavy atom. The molecule has 2 heterocycles. The van der Waals surface area contributed by atoms with Crippen LogP contribution in [0.25, 0.3) is 0 Å². The zero-order chi connectivity index (χ0) is 34.6. The van der Waals surface area contributed by atoms with Crippen LogP contribution in [0, 0.1) is 5.92 Å². The van der Waals surface area contributed by atoms with Crippen molar-refractivity contribution in [2.24, 2.45) is 17.4 Å². The highest BCUT2D eigenvalue weighted by Gasteiger charge is 2.29. The predicted octanol–water partition coefficient (Wildman–Crippen LogP) is -0.891. The minimum atomic E-state index is -1.42. The molecular weight excluding hydrogens is 622 g/mol. The van der Waals surface area contributed by atoms with E-state index in [0.29, 0.717) is 43.5 Å². The van der Waals surface area contributed by atoms with Gasteiger partial charge in [0, 0.05) is 35.1 Å². The van der Waals surface area contributed by atoms with E-state index in [1.165, 1.54) is 18.2 Å². The zero-order valence-corrected chi connectivity index (χ0v) is 26.5. The Balaban J connectivity index is 1.61. The van der Waals surface area contributed by atoms with E-state index in [9.17, 15) is 33.9 Å². The fraction of sp³-hybridized carbons (Fsp3) is 0.438. The summed E-state index contributed by atoms with van der Waals surface area (Å²) >= 11 is 0. The van der Waals surface area contributed by atoms with Crippen LogP contribution in [-0.2, 0) is 25.7 Å². The molecule has 0 aromatic heterocycles. The lowest BCUT2D eigenvalue weighted by molar-refractivity contribution is -0.128. The van der Waals surface area contributed by atoms with Crippen LogP contribution in [0.3, 0.4) is 0 Å². The third kappa shape index (κ3) is 9.73. The van der Waals surface area contributed by atoms with Gasteiger partial charge >= 0.3 is 0 Å². The van der Waals surface area contributed by atoms with Crippen LogP contribution in [-0.4, -0.2) is 85.4 Å². The van der Waals surface area contributed by atoms with Gasteiger partial charge in [0.05, 0.1) is 18.7 Å². The first-order valence-corrected chi connectivity index (χ1v) is 15.9. The van der Waals surface area contributed by atoms with Gasteiger partial charge in [0.15, 0.2) is 0 Å². The van der Waals surface area contributed by atoms with Crippen molar-refractivity contribution in [1.29, 1.82) is 0 Å². The Morgan fingerprint density at radius 1 is 0.917 bits per heavy atom. The molecule has 0 aliphatic carbocycles. The number of fused-ring (bicyclic) bond motifs is 2. The van der Waals surface area contributed by atoms with Gasteiger partial charge in [-0.3, -0.25) is 28.8 Å². The number of rotatable bonds is 10. The van der Waals surface area contributed by atoms with Crippen LogP contribution in [0.1, 0.15) is 58.4 Å². The maximum atomic E-state index is 13.6. The lowest BCUT2D eigenvalue weighted by atomic mass is 9.97. The first kappa shape index (κ1) is 35.8. The van der Waals surface area contributed by atoms with Gasteiger partial charge in [-0.25, -0.2) is 0 Å². The van der Waals surface area contributed by atoms with Crippen LogP contribution in [0.5, 0.6) is 0 Å². The van der Waals surface area contributed by atoms with Gasteiger partial charge in [0.1, 0.15) is 12.1 Å². The number of aliphatic hydroxyl groups excluding tert-OH is 1. The molecule has 0 spiro atoms. The number of nitrogens with two attached hydrogens (primary N) is 2. The fourth-order valence-corrected chi connectivity index (χ4v) is 5.44. The van der Waals surface area contributed by atoms with E-state index in [1.54, 1.807) is 18.2 Å². The largest absolute Gasteiger partial charge is 0.394 e. The molecule has 2 aromatic rings. The molecule has 258 valence electrons. The van der Waals surface area contributed by atoms with E-state index >= 15 is 0 Å². The minimum Gasteiger partial charge on any atom is -0.394 e. The van der Waals surface area contributed by atoms with Crippen molar-refractivity contribution < 1.29 is 33.9 Å². The SMILES string of the molecule is NCCCC[C@@H]1NC(=O)[C@H](CO)NC(=O)c2cc(NC(=O)CNC(=O)C3CCNCC3)ccc2NCc2ccc(C(N)=O)cc2NC1=O. The molecule has 2 atom stereocenters. The van der Waals surface area contributed by atoms with Crippen LogP contribution >= 0.6 is 0 Å². The number of primary amides is 1. The van der Waals surface area contributed by atoms with Gasteiger partial charge in [-0.15, -0.1) is 0 Å². The van der Waals surface area contributed by atoms with E-state index in [-0.39, 0.29) is 53.8 Å². The maximum Gasteiger partial charge on any atom is 0.254 e. The zero-order valence-electron chi connectivity index (χ0n) is 26.5. The van der Waals surface area contributed by atoms with Crippen LogP contribution in [0.15, 0.2) is 36.4 Å². The molecule has 48 heavy (non-hydrogen) atoms. The Morgan fingerprint density at radius 2 is 1.69 bits per heavy atom. The van der Waals surface area contributed by atoms with Crippen molar-refractivity contribution >= 4 is 52.5 Å². The molecule has 0 unspecified atom stereocenters. The van der Waals surface area contributed by atoms with E-state index < -0.39 is 48.2 Å². The fourth-order valence-electron chi connectivity index (χ4n) is 5.44. The summed E-state index contributed by atoms with van der Waals surface area (Å²) in [5.74, 6) is -3.70. The van der Waals surface area contributed by atoms with Crippen LogP contribution in [0.2, 0.25) is 0 Å². The summed E-state index contributed by atoms with van der Waals surface area (Å²) in [4.78, 5) is 77.4. The standard InChI is InChI=1S/C32H43N9O7/c33-10-2-1-3-24-31(47)40-25-13-19(28(34)44)4-5-20(25)15-36-23-7-6-21(14-22(23)30(46)41-26(17-42)32(48)39-24)38-27(43)16-37-29(45)18-8-11-35-12-9-18/h4-7,13-14,18,24,26,35-36,42H,1-3,8-12,15-17,33H2,(H2,34,44)(H,37,45)(H,38,43)(H,39,48)(H,40,47)(H,41,46)/t24-,26-/m0/s1. The van der Waals surface area contributed by atoms with Gasteiger partial charge < -0.3 is 53.8 Å². The number of hydrogen-bond acceptors (Lipinski definition) is 10. The van der Waals surface area contributed by atoms with Crippen LogP contribution in [0.4, 0.5) is 17.1 Å². The Labute approximate surface area is 277 Å². The number of anilines is 3. The summed E-state index contributed by atoms with van der Waals surface area (Å²) < 4.78 is 0. The Hall–Kier alpha value is -5.06. The molecule has 16 nitrogen and oxygen atoms in total. The lowest BCUT2D eigenvalue weighted by Crippen LogP contribution is -2.54. The number of aliphatic hydroxyl groups is 1. The third-order valence-corrected chi connectivity index (χ3v) is 8.19. The molecule has 2 aliphatic rings. The second-order valence-corrected chi connectivity index (χ2v) is 11.7. The summed E-state index contributed by atoms with van der Waals surface area (Å²) in [6, 6.07) is 6.55. The number of piperidine rings is 1. The highest BCUT2D eigenvalue weighted by molar-refractivity contribution is 6.05. The summed E-state index contributed by atoms with van der Waals surface area (Å²) in [5.41, 5.74) is 12.6. The average molecular weight is 666 g/mol. The molecule has 16 heteroatoms. The summed E-state index contributed by atoms with van der Waals surface area (Å²) in [5, 5.41) is 29.6. The summed E-state index contributed by atoms with van der Waals surface area (Å²) in [6.45, 7) is 0.894. The van der Waals surface area contributed by atoms with Gasteiger partial charge in [0.25, 0.3) is 5.91 Å². The molecule has 2 aromatic carbocycles. The van der Waals surface area contributed by atoms with Crippen molar-refractivity contribution in [2.45, 2.75) is 50.7 Å². The quantitative estimate of drug-likeness (QED) is 0.140. The van der Waals surface area contributed by atoms with E-state index in [2.05, 4.69) is 37.2 Å². The number of nitrogens with one attached hydrogen (secondary N) is 7. The van der Waals surface area contributed by atoms with Crippen molar-refractivity contribution in [3.8, 4) is 0 Å². The van der Waals surface area contributed by atoms with Crippen molar-refractivity contribution in [3.05, 3.63) is 53.1 Å². The van der Waals surface area contributed by atoms with E-state index in [1.807, 2.05) is 0 Å².